The summed E-state index contributed by atoms with van der Waals surface area (Å²) in [6.07, 6.45) is 0.377. The van der Waals surface area contributed by atoms with Crippen molar-refractivity contribution in [2.24, 2.45) is 5.73 Å². The first-order chi connectivity index (χ1) is 8.58. The van der Waals surface area contributed by atoms with E-state index in [-0.39, 0.29) is 0 Å². The van der Waals surface area contributed by atoms with Crippen LogP contribution in [-0.2, 0) is 10.2 Å². The van der Waals surface area contributed by atoms with Gasteiger partial charge in [-0.05, 0) is 37.6 Å². The lowest BCUT2D eigenvalue weighted by Gasteiger charge is -2.27. The van der Waals surface area contributed by atoms with E-state index in [9.17, 15) is 9.90 Å². The highest BCUT2D eigenvalue weighted by atomic mass is 16.6. The molecule has 0 aliphatic carbocycles. The Morgan fingerprint density at radius 3 is 2.67 bits per heavy atom. The number of fused-ring (bicyclic) bond motifs is 1. The van der Waals surface area contributed by atoms with Crippen LogP contribution in [0.3, 0.4) is 0 Å². The number of rotatable bonds is 4. The summed E-state index contributed by atoms with van der Waals surface area (Å²) in [6, 6.07) is 5.25. The molecule has 1 heterocycles. The summed E-state index contributed by atoms with van der Waals surface area (Å²) < 4.78 is 10.9. The van der Waals surface area contributed by atoms with E-state index in [1.54, 1.807) is 25.1 Å². The summed E-state index contributed by atoms with van der Waals surface area (Å²) in [4.78, 5) is 11.5. The predicted molar refractivity (Wildman–Crippen MR) is 66.1 cm³/mol. The standard InChI is InChI=1S/C13H17NO4/c1-13(4-5-14,12(15)16)9-2-3-10-11(8-9)18-7-6-17-10/h2-3,8H,4-7,14H2,1H3,(H,15,16). The van der Waals surface area contributed by atoms with E-state index >= 15 is 0 Å². The average molecular weight is 251 g/mol. The fourth-order valence-electron chi connectivity index (χ4n) is 2.05. The Morgan fingerprint density at radius 1 is 1.39 bits per heavy atom. The number of hydrogen-bond donors (Lipinski definition) is 2. The van der Waals surface area contributed by atoms with Gasteiger partial charge in [0.15, 0.2) is 11.5 Å². The fraction of sp³-hybridized carbons (Fsp3) is 0.462. The summed E-state index contributed by atoms with van der Waals surface area (Å²) >= 11 is 0. The summed E-state index contributed by atoms with van der Waals surface area (Å²) in [6.45, 7) is 2.99. The molecule has 1 aliphatic heterocycles. The lowest BCUT2D eigenvalue weighted by atomic mass is 9.79. The fourth-order valence-corrected chi connectivity index (χ4v) is 2.05. The van der Waals surface area contributed by atoms with Gasteiger partial charge in [-0.25, -0.2) is 0 Å². The van der Waals surface area contributed by atoms with E-state index in [0.717, 1.165) is 0 Å². The number of nitrogens with two attached hydrogens (primary N) is 1. The van der Waals surface area contributed by atoms with Gasteiger partial charge in [0, 0.05) is 0 Å². The molecule has 98 valence electrons. The van der Waals surface area contributed by atoms with E-state index in [1.165, 1.54) is 0 Å². The number of aliphatic carboxylic acids is 1. The maximum absolute atomic E-state index is 11.5. The Hall–Kier alpha value is -1.75. The lowest BCUT2D eigenvalue weighted by Crippen LogP contribution is -2.35. The molecule has 0 aromatic heterocycles. The van der Waals surface area contributed by atoms with E-state index < -0.39 is 11.4 Å². The van der Waals surface area contributed by atoms with E-state index in [4.69, 9.17) is 15.2 Å². The van der Waals surface area contributed by atoms with E-state index in [2.05, 4.69) is 0 Å². The van der Waals surface area contributed by atoms with Crippen LogP contribution in [0.1, 0.15) is 18.9 Å². The maximum atomic E-state index is 11.5. The molecule has 1 aromatic carbocycles. The summed E-state index contributed by atoms with van der Waals surface area (Å²) in [5.74, 6) is 0.373. The second kappa shape index (κ2) is 4.86. The van der Waals surface area contributed by atoms with Crippen molar-refractivity contribution in [2.45, 2.75) is 18.8 Å². The molecule has 1 atom stereocenters. The smallest absolute Gasteiger partial charge is 0.313 e. The van der Waals surface area contributed by atoms with Crippen LogP contribution in [0.4, 0.5) is 0 Å². The molecule has 1 aliphatic rings. The van der Waals surface area contributed by atoms with E-state index in [1.807, 2.05) is 0 Å². The molecule has 5 heteroatoms. The van der Waals surface area contributed by atoms with Crippen molar-refractivity contribution < 1.29 is 19.4 Å². The van der Waals surface area contributed by atoms with Crippen LogP contribution >= 0.6 is 0 Å². The molecule has 0 saturated heterocycles. The second-order valence-corrected chi connectivity index (χ2v) is 4.53. The van der Waals surface area contributed by atoms with E-state index in [0.29, 0.717) is 43.2 Å². The SMILES string of the molecule is CC(CCN)(C(=O)O)c1ccc2c(c1)OCCO2. The molecule has 0 amide bonds. The van der Waals surface area contributed by atoms with Crippen LogP contribution in [0.2, 0.25) is 0 Å². The third-order valence-corrected chi connectivity index (χ3v) is 3.30. The molecule has 3 N–H and O–H groups in total. The second-order valence-electron chi connectivity index (χ2n) is 4.53. The number of hydrogen-bond acceptors (Lipinski definition) is 4. The quantitative estimate of drug-likeness (QED) is 0.838. The van der Waals surface area contributed by atoms with Crippen molar-refractivity contribution >= 4 is 5.97 Å². The Morgan fingerprint density at radius 2 is 2.06 bits per heavy atom. The Kier molecular flexibility index (Phi) is 3.43. The number of carboxylic acids is 1. The molecule has 0 spiro atoms. The molecule has 0 radical (unpaired) electrons. The van der Waals surface area contributed by atoms with Crippen LogP contribution in [0, 0.1) is 0 Å². The molecule has 0 bridgehead atoms. The van der Waals surface area contributed by atoms with Gasteiger partial charge < -0.3 is 20.3 Å². The van der Waals surface area contributed by atoms with Gasteiger partial charge in [-0.1, -0.05) is 6.07 Å². The van der Waals surface area contributed by atoms with Crippen molar-refractivity contribution in [1.29, 1.82) is 0 Å². The van der Waals surface area contributed by atoms with Crippen molar-refractivity contribution in [3.63, 3.8) is 0 Å². The third-order valence-electron chi connectivity index (χ3n) is 3.30. The molecule has 0 fully saturated rings. The van der Waals surface area contributed by atoms with Crippen LogP contribution in [0.25, 0.3) is 0 Å². The van der Waals surface area contributed by atoms with Crippen LogP contribution in [-0.4, -0.2) is 30.8 Å². The first-order valence-corrected chi connectivity index (χ1v) is 5.91. The zero-order valence-electron chi connectivity index (χ0n) is 10.3. The summed E-state index contributed by atoms with van der Waals surface area (Å²) in [7, 11) is 0. The molecule has 0 saturated carbocycles. The molecular formula is C13H17NO4. The predicted octanol–water partition coefficient (Wildman–Crippen LogP) is 1.15. The largest absolute Gasteiger partial charge is 0.486 e. The first-order valence-electron chi connectivity index (χ1n) is 5.91. The Balaban J connectivity index is 2.39. The summed E-state index contributed by atoms with van der Waals surface area (Å²) in [5, 5.41) is 9.39. The molecule has 5 nitrogen and oxygen atoms in total. The molecule has 18 heavy (non-hydrogen) atoms. The molecule has 2 rings (SSSR count). The number of benzene rings is 1. The number of ether oxygens (including phenoxy) is 2. The van der Waals surface area contributed by atoms with Gasteiger partial charge in [0.1, 0.15) is 13.2 Å². The molecule has 1 unspecified atom stereocenters. The minimum absolute atomic E-state index is 0.317. The Bertz CT molecular complexity index is 460. The van der Waals surface area contributed by atoms with Crippen molar-refractivity contribution in [1.82, 2.24) is 0 Å². The van der Waals surface area contributed by atoms with Gasteiger partial charge in [0.05, 0.1) is 5.41 Å². The molecular weight excluding hydrogens is 234 g/mol. The van der Waals surface area contributed by atoms with Gasteiger partial charge >= 0.3 is 5.97 Å². The topological polar surface area (TPSA) is 81.8 Å². The van der Waals surface area contributed by atoms with Gasteiger partial charge in [0.2, 0.25) is 0 Å². The Labute approximate surface area is 106 Å². The zero-order chi connectivity index (χ0) is 13.2. The highest BCUT2D eigenvalue weighted by Crippen LogP contribution is 2.36. The van der Waals surface area contributed by atoms with Gasteiger partial charge in [-0.3, -0.25) is 4.79 Å². The summed E-state index contributed by atoms with van der Waals surface area (Å²) in [5.41, 5.74) is 5.20. The van der Waals surface area contributed by atoms with Crippen molar-refractivity contribution in [2.75, 3.05) is 19.8 Å². The van der Waals surface area contributed by atoms with Crippen LogP contribution in [0.15, 0.2) is 18.2 Å². The van der Waals surface area contributed by atoms with Crippen molar-refractivity contribution in [3.8, 4) is 11.5 Å². The highest BCUT2D eigenvalue weighted by molar-refractivity contribution is 5.81. The monoisotopic (exact) mass is 251 g/mol. The highest BCUT2D eigenvalue weighted by Gasteiger charge is 2.35. The zero-order valence-corrected chi connectivity index (χ0v) is 10.3. The normalized spacial score (nSPS) is 17.0. The average Bonchev–Trinajstić information content (AvgIpc) is 2.38. The van der Waals surface area contributed by atoms with Crippen LogP contribution in [0.5, 0.6) is 11.5 Å². The maximum Gasteiger partial charge on any atom is 0.313 e. The third kappa shape index (κ3) is 2.13. The molecule has 1 aromatic rings. The minimum atomic E-state index is -0.995. The first kappa shape index (κ1) is 12.7. The number of carboxylic acid groups (broad SMARTS) is 1. The van der Waals surface area contributed by atoms with Gasteiger partial charge in [-0.2, -0.15) is 0 Å². The minimum Gasteiger partial charge on any atom is -0.486 e. The van der Waals surface area contributed by atoms with Crippen LogP contribution < -0.4 is 15.2 Å². The van der Waals surface area contributed by atoms with Crippen molar-refractivity contribution in [3.05, 3.63) is 23.8 Å². The lowest BCUT2D eigenvalue weighted by molar-refractivity contribution is -0.143. The number of carbonyl (C=O) groups is 1. The van der Waals surface area contributed by atoms with Gasteiger partial charge in [-0.15, -0.1) is 0 Å². The van der Waals surface area contributed by atoms with Gasteiger partial charge in [0.25, 0.3) is 0 Å².